The van der Waals surface area contributed by atoms with Crippen molar-refractivity contribution in [1.82, 2.24) is 4.57 Å². The van der Waals surface area contributed by atoms with E-state index in [4.69, 9.17) is 24.2 Å². The SMILES string of the molecule is CCOC(=O)C1=C(C)N=c2s/c(=C/c3ccc(OCC#N)c(OCC)c3)c(=O)n2[C@H]1c1ccccc1OC(C)C. The van der Waals surface area contributed by atoms with Gasteiger partial charge >= 0.3 is 5.97 Å². The van der Waals surface area contributed by atoms with Crippen molar-refractivity contribution in [2.45, 2.75) is 46.8 Å². The molecule has 2 aromatic carbocycles. The van der Waals surface area contributed by atoms with E-state index in [9.17, 15) is 9.59 Å². The Morgan fingerprint density at radius 2 is 1.90 bits per heavy atom. The molecule has 0 amide bonds. The Morgan fingerprint density at radius 3 is 2.60 bits per heavy atom. The number of nitriles is 1. The highest BCUT2D eigenvalue weighted by Crippen LogP contribution is 2.36. The zero-order valence-electron chi connectivity index (χ0n) is 23.1. The summed E-state index contributed by atoms with van der Waals surface area (Å²) in [6, 6.07) is 13.8. The third-order valence-corrected chi connectivity index (χ3v) is 6.93. The average molecular weight is 562 g/mol. The third-order valence-electron chi connectivity index (χ3n) is 5.95. The highest BCUT2D eigenvalue weighted by Gasteiger charge is 2.35. The van der Waals surface area contributed by atoms with E-state index in [0.29, 0.717) is 55.6 Å². The zero-order valence-corrected chi connectivity index (χ0v) is 23.9. The Balaban J connectivity index is 1.91. The lowest BCUT2D eigenvalue weighted by atomic mass is 9.95. The van der Waals surface area contributed by atoms with Crippen molar-refractivity contribution >= 4 is 23.4 Å². The number of para-hydroxylation sites is 1. The molecule has 40 heavy (non-hydrogen) atoms. The number of nitrogens with zero attached hydrogens (tertiary/aromatic N) is 3. The van der Waals surface area contributed by atoms with Gasteiger partial charge in [-0.1, -0.05) is 35.6 Å². The molecule has 1 atom stereocenters. The number of fused-ring (bicyclic) bond motifs is 1. The molecule has 3 aromatic rings. The molecule has 9 nitrogen and oxygen atoms in total. The predicted octanol–water partition coefficient (Wildman–Crippen LogP) is 3.89. The number of carbonyl (C=O) groups is 1. The standard InChI is InChI=1S/C30H31N3O6S/c1-6-36-24-16-20(12-13-23(24)38-15-14-31)17-25-28(34)33-27(21-10-8-9-11-22(21)39-18(3)4)26(29(35)37-7-2)19(5)32-30(33)40-25/h8-13,16-18,27H,6-7,15H2,1-5H3/b25-17+/t27-/m0/s1. The van der Waals surface area contributed by atoms with E-state index < -0.39 is 12.0 Å². The first-order valence-corrected chi connectivity index (χ1v) is 13.8. The molecule has 4 rings (SSSR count). The molecule has 0 bridgehead atoms. The lowest BCUT2D eigenvalue weighted by Gasteiger charge is -2.26. The maximum Gasteiger partial charge on any atom is 0.338 e. The molecule has 208 valence electrons. The van der Waals surface area contributed by atoms with Gasteiger partial charge in [0.15, 0.2) is 22.9 Å². The van der Waals surface area contributed by atoms with Gasteiger partial charge in [-0.25, -0.2) is 9.79 Å². The van der Waals surface area contributed by atoms with Crippen LogP contribution in [-0.2, 0) is 9.53 Å². The topological polar surface area (TPSA) is 112 Å². The van der Waals surface area contributed by atoms with E-state index >= 15 is 0 Å². The fourth-order valence-corrected chi connectivity index (χ4v) is 5.46. The summed E-state index contributed by atoms with van der Waals surface area (Å²) in [5.74, 6) is 0.954. The number of aromatic nitrogens is 1. The number of allylic oxidation sites excluding steroid dienone is 1. The third kappa shape index (κ3) is 5.95. The van der Waals surface area contributed by atoms with E-state index in [2.05, 4.69) is 4.99 Å². The van der Waals surface area contributed by atoms with Crippen LogP contribution in [0.15, 0.2) is 63.5 Å². The number of ether oxygens (including phenoxy) is 4. The molecule has 0 unspecified atom stereocenters. The van der Waals surface area contributed by atoms with Crippen molar-refractivity contribution in [3.63, 3.8) is 0 Å². The molecule has 0 saturated carbocycles. The van der Waals surface area contributed by atoms with Crippen molar-refractivity contribution in [2.75, 3.05) is 19.8 Å². The average Bonchev–Trinajstić information content (AvgIpc) is 3.22. The second-order valence-corrected chi connectivity index (χ2v) is 10.1. The second kappa shape index (κ2) is 12.7. The molecular formula is C30H31N3O6S. The minimum absolute atomic E-state index is 0.109. The smallest absolute Gasteiger partial charge is 0.338 e. The van der Waals surface area contributed by atoms with Crippen LogP contribution in [0.3, 0.4) is 0 Å². The maximum absolute atomic E-state index is 14.0. The quantitative estimate of drug-likeness (QED) is 0.345. The van der Waals surface area contributed by atoms with Gasteiger partial charge in [0.05, 0.1) is 35.1 Å². The van der Waals surface area contributed by atoms with Crippen LogP contribution >= 0.6 is 11.3 Å². The van der Waals surface area contributed by atoms with Gasteiger partial charge in [-0.3, -0.25) is 9.36 Å². The normalized spacial score (nSPS) is 14.8. The van der Waals surface area contributed by atoms with Gasteiger partial charge in [-0.05, 0) is 64.5 Å². The molecule has 0 aliphatic carbocycles. The van der Waals surface area contributed by atoms with E-state index in [-0.39, 0.29) is 24.9 Å². The maximum atomic E-state index is 14.0. The summed E-state index contributed by atoms with van der Waals surface area (Å²) >= 11 is 1.23. The van der Waals surface area contributed by atoms with Crippen molar-refractivity contribution in [3.05, 3.63) is 84.5 Å². The Labute approximate surface area is 236 Å². The largest absolute Gasteiger partial charge is 0.491 e. The molecule has 0 spiro atoms. The van der Waals surface area contributed by atoms with Crippen LogP contribution in [0.1, 0.15) is 51.8 Å². The zero-order chi connectivity index (χ0) is 28.8. The first-order valence-electron chi connectivity index (χ1n) is 13.0. The summed E-state index contributed by atoms with van der Waals surface area (Å²) < 4.78 is 24.6. The Morgan fingerprint density at radius 1 is 1.12 bits per heavy atom. The lowest BCUT2D eigenvalue weighted by molar-refractivity contribution is -0.139. The monoisotopic (exact) mass is 561 g/mol. The molecule has 1 aliphatic heterocycles. The van der Waals surface area contributed by atoms with Crippen LogP contribution in [0, 0.1) is 11.3 Å². The van der Waals surface area contributed by atoms with Gasteiger partial charge in [0, 0.05) is 5.56 Å². The van der Waals surface area contributed by atoms with Crippen LogP contribution in [0.4, 0.5) is 0 Å². The van der Waals surface area contributed by atoms with Crippen LogP contribution in [0.2, 0.25) is 0 Å². The number of thiazole rings is 1. The van der Waals surface area contributed by atoms with E-state index in [1.165, 1.54) is 15.9 Å². The molecule has 2 heterocycles. The van der Waals surface area contributed by atoms with Crippen molar-refractivity contribution in [2.24, 2.45) is 4.99 Å². The number of carbonyl (C=O) groups excluding carboxylic acids is 1. The summed E-state index contributed by atoms with van der Waals surface area (Å²) in [4.78, 5) is 32.3. The summed E-state index contributed by atoms with van der Waals surface area (Å²) in [6.07, 6.45) is 1.63. The number of rotatable bonds is 10. The van der Waals surface area contributed by atoms with Gasteiger partial charge in [-0.2, -0.15) is 5.26 Å². The van der Waals surface area contributed by atoms with Crippen molar-refractivity contribution in [1.29, 1.82) is 5.26 Å². The first kappa shape index (κ1) is 28.6. The highest BCUT2D eigenvalue weighted by molar-refractivity contribution is 7.07. The molecule has 1 aromatic heterocycles. The van der Waals surface area contributed by atoms with Gasteiger partial charge < -0.3 is 18.9 Å². The van der Waals surface area contributed by atoms with Crippen molar-refractivity contribution < 1.29 is 23.7 Å². The molecule has 0 radical (unpaired) electrons. The molecule has 1 aliphatic rings. The fourth-order valence-electron chi connectivity index (χ4n) is 4.42. The molecule has 0 saturated heterocycles. The van der Waals surface area contributed by atoms with E-state index in [1.807, 2.05) is 51.1 Å². The predicted molar refractivity (Wildman–Crippen MR) is 151 cm³/mol. The summed E-state index contributed by atoms with van der Waals surface area (Å²) in [6.45, 7) is 9.66. The summed E-state index contributed by atoms with van der Waals surface area (Å²) in [7, 11) is 0. The van der Waals surface area contributed by atoms with Gasteiger partial charge in [0.25, 0.3) is 5.56 Å². The number of hydrogen-bond acceptors (Lipinski definition) is 9. The van der Waals surface area contributed by atoms with Crippen LogP contribution < -0.4 is 29.1 Å². The van der Waals surface area contributed by atoms with Gasteiger partial charge in [0.2, 0.25) is 0 Å². The number of benzene rings is 2. The van der Waals surface area contributed by atoms with Crippen LogP contribution in [-0.4, -0.2) is 36.5 Å². The van der Waals surface area contributed by atoms with Crippen LogP contribution in [0.5, 0.6) is 17.2 Å². The Kier molecular flexibility index (Phi) is 9.07. The summed E-state index contributed by atoms with van der Waals surface area (Å²) in [5, 5.41) is 8.87. The first-order chi connectivity index (χ1) is 19.3. The van der Waals surface area contributed by atoms with Crippen molar-refractivity contribution in [3.8, 4) is 23.3 Å². The van der Waals surface area contributed by atoms with Gasteiger partial charge in [-0.15, -0.1) is 0 Å². The van der Waals surface area contributed by atoms with Crippen LogP contribution in [0.25, 0.3) is 6.08 Å². The fraction of sp³-hybridized carbons (Fsp3) is 0.333. The minimum atomic E-state index is -0.784. The highest BCUT2D eigenvalue weighted by atomic mass is 32.1. The second-order valence-electron chi connectivity index (χ2n) is 9.09. The van der Waals surface area contributed by atoms with E-state index in [0.717, 1.165) is 0 Å². The summed E-state index contributed by atoms with van der Waals surface area (Å²) in [5.41, 5.74) is 1.84. The molecule has 10 heteroatoms. The molecular weight excluding hydrogens is 530 g/mol. The minimum Gasteiger partial charge on any atom is -0.491 e. The van der Waals surface area contributed by atoms with Gasteiger partial charge in [0.1, 0.15) is 17.9 Å². The lowest BCUT2D eigenvalue weighted by Crippen LogP contribution is -2.40. The Bertz CT molecular complexity index is 1660. The Hall–Kier alpha value is -4.36. The molecule has 0 fully saturated rings. The molecule has 0 N–H and O–H groups in total. The number of hydrogen-bond donors (Lipinski definition) is 0. The van der Waals surface area contributed by atoms with E-state index in [1.54, 1.807) is 38.1 Å². The number of esters is 1.